The van der Waals surface area contributed by atoms with Crippen molar-refractivity contribution in [1.82, 2.24) is 25.4 Å². The molecule has 0 spiro atoms. The third kappa shape index (κ3) is 1.81. The molecule has 0 aliphatic rings. The van der Waals surface area contributed by atoms with E-state index in [0.717, 1.165) is 38.7 Å². The second-order valence-corrected chi connectivity index (χ2v) is 5.57. The zero-order chi connectivity index (χ0) is 16.1. The van der Waals surface area contributed by atoms with E-state index in [-0.39, 0.29) is 0 Å². The number of anilines is 1. The highest BCUT2D eigenvalue weighted by Gasteiger charge is 2.15. The number of hydrogen-bond acceptors (Lipinski definition) is 5. The van der Waals surface area contributed by atoms with Crippen molar-refractivity contribution in [2.75, 3.05) is 5.73 Å². The number of aromatic nitrogens is 5. The van der Waals surface area contributed by atoms with Crippen molar-refractivity contribution in [1.29, 1.82) is 0 Å². The van der Waals surface area contributed by atoms with E-state index in [4.69, 9.17) is 10.2 Å². The van der Waals surface area contributed by atoms with E-state index in [2.05, 4.69) is 25.4 Å². The van der Waals surface area contributed by atoms with Crippen LogP contribution < -0.4 is 5.73 Å². The van der Waals surface area contributed by atoms with Gasteiger partial charge >= 0.3 is 0 Å². The molecule has 0 unspecified atom stereocenters. The molecule has 0 saturated heterocycles. The molecule has 7 nitrogen and oxygen atoms in total. The van der Waals surface area contributed by atoms with Crippen LogP contribution >= 0.6 is 0 Å². The molecule has 4 N–H and O–H groups in total. The van der Waals surface area contributed by atoms with Gasteiger partial charge in [0.2, 0.25) is 0 Å². The molecule has 24 heavy (non-hydrogen) atoms. The number of furan rings is 1. The number of aromatic amines is 2. The van der Waals surface area contributed by atoms with Crippen LogP contribution in [0.4, 0.5) is 5.82 Å². The molecular formula is C17H12N6O. The fourth-order valence-corrected chi connectivity index (χ4v) is 2.91. The zero-order valence-corrected chi connectivity index (χ0v) is 12.4. The first kappa shape index (κ1) is 12.9. The smallest absolute Gasteiger partial charge is 0.177 e. The molecule has 0 aliphatic carbocycles. The monoisotopic (exact) mass is 316 g/mol. The number of rotatable bonds is 2. The second kappa shape index (κ2) is 4.69. The Bertz CT molecular complexity index is 1170. The third-order valence-electron chi connectivity index (χ3n) is 4.12. The Kier molecular flexibility index (Phi) is 2.52. The molecule has 0 atom stereocenters. The van der Waals surface area contributed by atoms with E-state index in [9.17, 15) is 0 Å². The first-order chi connectivity index (χ1) is 11.8. The Hall–Kier alpha value is -3.61. The van der Waals surface area contributed by atoms with Gasteiger partial charge in [0.25, 0.3) is 0 Å². The van der Waals surface area contributed by atoms with Gasteiger partial charge in [-0.05, 0) is 24.3 Å². The van der Waals surface area contributed by atoms with Crippen molar-refractivity contribution in [3.63, 3.8) is 0 Å². The van der Waals surface area contributed by atoms with Crippen molar-refractivity contribution >= 4 is 27.7 Å². The summed E-state index contributed by atoms with van der Waals surface area (Å²) in [5.74, 6) is 1.10. The van der Waals surface area contributed by atoms with E-state index in [1.165, 1.54) is 0 Å². The molecule has 0 bridgehead atoms. The van der Waals surface area contributed by atoms with E-state index in [0.29, 0.717) is 11.4 Å². The number of nitrogens with zero attached hydrogens (tertiary/aromatic N) is 3. The summed E-state index contributed by atoms with van der Waals surface area (Å²) in [6, 6.07) is 7.97. The fraction of sp³-hybridized carbons (Fsp3) is 0. The Morgan fingerprint density at radius 3 is 2.83 bits per heavy atom. The van der Waals surface area contributed by atoms with Crippen molar-refractivity contribution in [2.24, 2.45) is 0 Å². The van der Waals surface area contributed by atoms with Gasteiger partial charge in [-0.15, -0.1) is 0 Å². The SMILES string of the molecule is Nc1ncc(-c2cn[nH]c2)c2cc(-c3ccc4[nH]ncc4c3)oc12. The lowest BCUT2D eigenvalue weighted by molar-refractivity contribution is 0.631. The van der Waals surface area contributed by atoms with Gasteiger partial charge in [-0.1, -0.05) is 0 Å². The molecule has 5 aromatic rings. The molecule has 7 heteroatoms. The number of nitrogens with one attached hydrogen (secondary N) is 2. The number of pyridine rings is 1. The number of hydrogen-bond donors (Lipinski definition) is 3. The molecule has 5 rings (SSSR count). The molecule has 0 saturated carbocycles. The molecule has 0 aliphatic heterocycles. The average molecular weight is 316 g/mol. The summed E-state index contributed by atoms with van der Waals surface area (Å²) < 4.78 is 6.00. The van der Waals surface area contributed by atoms with Gasteiger partial charge in [-0.25, -0.2) is 4.98 Å². The number of nitrogen functional groups attached to an aromatic ring is 1. The van der Waals surface area contributed by atoms with Crippen molar-refractivity contribution in [3.05, 3.63) is 49.1 Å². The number of fused-ring (bicyclic) bond motifs is 2. The summed E-state index contributed by atoms with van der Waals surface area (Å²) in [7, 11) is 0. The van der Waals surface area contributed by atoms with Crippen molar-refractivity contribution in [2.45, 2.75) is 0 Å². The minimum absolute atomic E-state index is 0.368. The van der Waals surface area contributed by atoms with Crippen LogP contribution in [0.5, 0.6) is 0 Å². The van der Waals surface area contributed by atoms with Crippen LogP contribution in [0.25, 0.3) is 44.3 Å². The molecule has 0 amide bonds. The summed E-state index contributed by atoms with van der Waals surface area (Å²) in [5, 5.41) is 15.7. The average Bonchev–Trinajstić information content (AvgIpc) is 3.34. The second-order valence-electron chi connectivity index (χ2n) is 5.57. The maximum atomic E-state index is 6.00. The number of nitrogens with two attached hydrogens (primary N) is 1. The lowest BCUT2D eigenvalue weighted by Gasteiger charge is -2.00. The fourth-order valence-electron chi connectivity index (χ4n) is 2.91. The lowest BCUT2D eigenvalue weighted by Crippen LogP contribution is -1.90. The van der Waals surface area contributed by atoms with Crippen LogP contribution in [0.15, 0.2) is 53.5 Å². The molecule has 1 aromatic carbocycles. The van der Waals surface area contributed by atoms with Gasteiger partial charge in [-0.2, -0.15) is 10.2 Å². The summed E-state index contributed by atoms with van der Waals surface area (Å²) in [5.41, 5.74) is 10.4. The summed E-state index contributed by atoms with van der Waals surface area (Å²) in [6.45, 7) is 0. The van der Waals surface area contributed by atoms with Crippen LogP contribution in [0.2, 0.25) is 0 Å². The van der Waals surface area contributed by atoms with Crippen LogP contribution in [0.1, 0.15) is 0 Å². The minimum Gasteiger partial charge on any atom is -0.452 e. The van der Waals surface area contributed by atoms with Gasteiger partial charge in [-0.3, -0.25) is 10.2 Å². The topological polar surface area (TPSA) is 109 Å². The Balaban J connectivity index is 1.75. The van der Waals surface area contributed by atoms with E-state index < -0.39 is 0 Å². The molecule has 116 valence electrons. The highest BCUT2D eigenvalue weighted by Crippen LogP contribution is 2.36. The maximum Gasteiger partial charge on any atom is 0.177 e. The Morgan fingerprint density at radius 1 is 1.00 bits per heavy atom. The first-order valence-corrected chi connectivity index (χ1v) is 7.40. The van der Waals surface area contributed by atoms with E-state index in [1.54, 1.807) is 18.6 Å². The quantitative estimate of drug-likeness (QED) is 0.462. The Morgan fingerprint density at radius 2 is 1.96 bits per heavy atom. The van der Waals surface area contributed by atoms with E-state index >= 15 is 0 Å². The van der Waals surface area contributed by atoms with Crippen molar-refractivity contribution < 1.29 is 4.42 Å². The van der Waals surface area contributed by atoms with Crippen LogP contribution in [-0.2, 0) is 0 Å². The predicted molar refractivity (Wildman–Crippen MR) is 91.1 cm³/mol. The predicted octanol–water partition coefficient (Wildman–Crippen LogP) is 3.34. The summed E-state index contributed by atoms with van der Waals surface area (Å²) in [6.07, 6.45) is 7.09. The largest absolute Gasteiger partial charge is 0.452 e. The molecular weight excluding hydrogens is 304 g/mol. The van der Waals surface area contributed by atoms with Crippen LogP contribution in [-0.4, -0.2) is 25.4 Å². The molecule has 0 radical (unpaired) electrons. The van der Waals surface area contributed by atoms with Gasteiger partial charge in [0.05, 0.1) is 17.9 Å². The van der Waals surface area contributed by atoms with Gasteiger partial charge in [0.1, 0.15) is 5.76 Å². The van der Waals surface area contributed by atoms with Gasteiger partial charge in [0.15, 0.2) is 11.4 Å². The molecule has 4 aromatic heterocycles. The molecule has 4 heterocycles. The lowest BCUT2D eigenvalue weighted by atomic mass is 10.1. The van der Waals surface area contributed by atoms with Gasteiger partial charge in [0, 0.05) is 39.9 Å². The third-order valence-corrected chi connectivity index (χ3v) is 4.12. The number of H-pyrrole nitrogens is 2. The van der Waals surface area contributed by atoms with Crippen molar-refractivity contribution in [3.8, 4) is 22.5 Å². The highest BCUT2D eigenvalue weighted by molar-refractivity contribution is 6.00. The highest BCUT2D eigenvalue weighted by atomic mass is 16.3. The first-order valence-electron chi connectivity index (χ1n) is 7.40. The van der Waals surface area contributed by atoms with Crippen LogP contribution in [0.3, 0.4) is 0 Å². The zero-order valence-electron chi connectivity index (χ0n) is 12.4. The normalized spacial score (nSPS) is 11.5. The maximum absolute atomic E-state index is 6.00. The number of benzene rings is 1. The van der Waals surface area contributed by atoms with E-state index in [1.807, 2.05) is 30.5 Å². The Labute approximate surface area is 135 Å². The van der Waals surface area contributed by atoms with Crippen LogP contribution in [0, 0.1) is 0 Å². The summed E-state index contributed by atoms with van der Waals surface area (Å²) >= 11 is 0. The minimum atomic E-state index is 0.368. The molecule has 0 fully saturated rings. The standard InChI is InChI=1S/C17H12N6O/c18-17-16-12(13(8-19-17)11-6-20-21-7-11)4-15(24-16)9-1-2-14-10(3-9)5-22-23-14/h1-8H,(H2,18,19)(H,20,21)(H,22,23). The van der Waals surface area contributed by atoms with Gasteiger partial charge < -0.3 is 10.2 Å². The summed E-state index contributed by atoms with van der Waals surface area (Å²) in [4.78, 5) is 4.24.